The predicted octanol–water partition coefficient (Wildman–Crippen LogP) is 1.79. The Labute approximate surface area is 110 Å². The van der Waals surface area contributed by atoms with Crippen LogP contribution in [-0.2, 0) is 23.7 Å². The first kappa shape index (κ1) is 17.4. The van der Waals surface area contributed by atoms with E-state index in [4.69, 9.17) is 18.9 Å². The third-order valence-corrected chi connectivity index (χ3v) is 2.17. The molecule has 0 aliphatic rings. The Bertz CT molecular complexity index is 184. The minimum Gasteiger partial charge on any atom is -0.463 e. The van der Waals surface area contributed by atoms with Crippen LogP contribution in [0.5, 0.6) is 0 Å². The molecule has 0 rings (SSSR count). The molecule has 0 heterocycles. The van der Waals surface area contributed by atoms with Gasteiger partial charge in [0.2, 0.25) is 0 Å². The summed E-state index contributed by atoms with van der Waals surface area (Å²) in [4.78, 5) is 10.8. The molecule has 0 aromatic heterocycles. The van der Waals surface area contributed by atoms with E-state index in [2.05, 4.69) is 6.92 Å². The first-order valence-electron chi connectivity index (χ1n) is 6.70. The Morgan fingerprint density at radius 3 is 1.78 bits per heavy atom. The minimum absolute atomic E-state index is 0.195. The monoisotopic (exact) mass is 262 g/mol. The van der Waals surface area contributed by atoms with Gasteiger partial charge < -0.3 is 18.9 Å². The van der Waals surface area contributed by atoms with Crippen molar-refractivity contribution in [3.63, 3.8) is 0 Å². The van der Waals surface area contributed by atoms with Crippen LogP contribution in [0.3, 0.4) is 0 Å². The molecule has 0 radical (unpaired) electrons. The van der Waals surface area contributed by atoms with E-state index >= 15 is 0 Å². The Morgan fingerprint density at radius 1 is 0.778 bits per heavy atom. The van der Waals surface area contributed by atoms with Crippen molar-refractivity contribution in [2.45, 2.75) is 33.1 Å². The van der Waals surface area contributed by atoms with Crippen molar-refractivity contribution in [3.05, 3.63) is 0 Å². The largest absolute Gasteiger partial charge is 0.463 e. The standard InChI is InChI=1S/C13H26O5/c1-3-5-6-15-7-8-16-9-10-17-11-12-18-13(14)4-2/h3-12H2,1-2H3. The van der Waals surface area contributed by atoms with Crippen molar-refractivity contribution >= 4 is 5.97 Å². The van der Waals surface area contributed by atoms with Crippen molar-refractivity contribution in [1.82, 2.24) is 0 Å². The number of carbonyl (C=O) groups is 1. The smallest absolute Gasteiger partial charge is 0.305 e. The van der Waals surface area contributed by atoms with Crippen LogP contribution >= 0.6 is 0 Å². The summed E-state index contributed by atoms with van der Waals surface area (Å²) in [6.45, 7) is 7.71. The molecule has 0 spiro atoms. The zero-order valence-electron chi connectivity index (χ0n) is 11.6. The molecule has 0 fully saturated rings. The number of unbranched alkanes of at least 4 members (excludes halogenated alkanes) is 1. The van der Waals surface area contributed by atoms with E-state index in [9.17, 15) is 4.79 Å². The van der Waals surface area contributed by atoms with Gasteiger partial charge in [-0.2, -0.15) is 0 Å². The second-order valence-electron chi connectivity index (χ2n) is 3.76. The maximum absolute atomic E-state index is 10.8. The Hall–Kier alpha value is -0.650. The topological polar surface area (TPSA) is 54.0 Å². The lowest BCUT2D eigenvalue weighted by Gasteiger charge is -2.07. The van der Waals surface area contributed by atoms with E-state index in [0.717, 1.165) is 19.4 Å². The van der Waals surface area contributed by atoms with Gasteiger partial charge in [-0.05, 0) is 6.42 Å². The third kappa shape index (κ3) is 13.4. The highest BCUT2D eigenvalue weighted by Crippen LogP contribution is 1.88. The molecular formula is C13H26O5. The van der Waals surface area contributed by atoms with Gasteiger partial charge in [-0.25, -0.2) is 0 Å². The summed E-state index contributed by atoms with van der Waals surface area (Å²) in [7, 11) is 0. The van der Waals surface area contributed by atoms with Crippen LogP contribution in [0.4, 0.5) is 0 Å². The molecule has 0 saturated carbocycles. The Balaban J connectivity index is 2.97. The highest BCUT2D eigenvalue weighted by molar-refractivity contribution is 5.68. The summed E-state index contributed by atoms with van der Waals surface area (Å²) in [5.74, 6) is -0.195. The number of hydrogen-bond donors (Lipinski definition) is 0. The maximum Gasteiger partial charge on any atom is 0.305 e. The normalized spacial score (nSPS) is 10.6. The Morgan fingerprint density at radius 2 is 1.28 bits per heavy atom. The SMILES string of the molecule is CCCCOCCOCCOCCOC(=O)CC. The first-order valence-corrected chi connectivity index (χ1v) is 6.70. The fraction of sp³-hybridized carbons (Fsp3) is 0.923. The van der Waals surface area contributed by atoms with Crippen LogP contribution in [-0.4, -0.2) is 52.2 Å². The molecule has 0 amide bonds. The number of rotatable bonds is 13. The summed E-state index contributed by atoms with van der Waals surface area (Å²) in [6.07, 6.45) is 2.65. The van der Waals surface area contributed by atoms with E-state index in [1.807, 2.05) is 0 Å². The van der Waals surface area contributed by atoms with Crippen LogP contribution in [0.15, 0.2) is 0 Å². The molecule has 0 N–H and O–H groups in total. The van der Waals surface area contributed by atoms with Crippen molar-refractivity contribution in [3.8, 4) is 0 Å². The summed E-state index contributed by atoms with van der Waals surface area (Å²) in [5.41, 5.74) is 0. The zero-order valence-corrected chi connectivity index (χ0v) is 11.6. The molecule has 0 aromatic rings. The molecule has 5 heteroatoms. The lowest BCUT2D eigenvalue weighted by Crippen LogP contribution is -2.13. The van der Waals surface area contributed by atoms with Gasteiger partial charge in [0.25, 0.3) is 0 Å². The number of hydrogen-bond acceptors (Lipinski definition) is 5. The van der Waals surface area contributed by atoms with Gasteiger partial charge in [-0.1, -0.05) is 20.3 Å². The van der Waals surface area contributed by atoms with Crippen molar-refractivity contribution in [1.29, 1.82) is 0 Å². The molecule has 0 unspecified atom stereocenters. The molecule has 0 bridgehead atoms. The van der Waals surface area contributed by atoms with Crippen molar-refractivity contribution in [2.24, 2.45) is 0 Å². The molecule has 0 saturated heterocycles. The lowest BCUT2D eigenvalue weighted by atomic mass is 10.4. The second-order valence-corrected chi connectivity index (χ2v) is 3.76. The lowest BCUT2D eigenvalue weighted by molar-refractivity contribution is -0.144. The molecule has 0 aliphatic carbocycles. The zero-order chi connectivity index (χ0) is 13.5. The van der Waals surface area contributed by atoms with E-state index in [0.29, 0.717) is 46.1 Å². The maximum atomic E-state index is 10.8. The fourth-order valence-electron chi connectivity index (χ4n) is 1.10. The number of esters is 1. The van der Waals surface area contributed by atoms with Gasteiger partial charge in [-0.3, -0.25) is 4.79 Å². The number of carbonyl (C=O) groups excluding carboxylic acids is 1. The molecule has 0 aromatic carbocycles. The van der Waals surface area contributed by atoms with Crippen LogP contribution in [0.25, 0.3) is 0 Å². The van der Waals surface area contributed by atoms with Crippen LogP contribution in [0.2, 0.25) is 0 Å². The van der Waals surface area contributed by atoms with Crippen LogP contribution < -0.4 is 0 Å². The van der Waals surface area contributed by atoms with Gasteiger partial charge in [0, 0.05) is 13.0 Å². The van der Waals surface area contributed by atoms with E-state index < -0.39 is 0 Å². The highest BCUT2D eigenvalue weighted by Gasteiger charge is 1.97. The van der Waals surface area contributed by atoms with E-state index in [-0.39, 0.29) is 5.97 Å². The Kier molecular flexibility index (Phi) is 13.9. The quantitative estimate of drug-likeness (QED) is 0.374. The third-order valence-electron chi connectivity index (χ3n) is 2.17. The second kappa shape index (κ2) is 14.4. The predicted molar refractivity (Wildman–Crippen MR) is 68.6 cm³/mol. The average Bonchev–Trinajstić information content (AvgIpc) is 2.39. The van der Waals surface area contributed by atoms with Crippen LogP contribution in [0, 0.1) is 0 Å². The molecule has 5 nitrogen and oxygen atoms in total. The van der Waals surface area contributed by atoms with E-state index in [1.54, 1.807) is 6.92 Å². The minimum atomic E-state index is -0.195. The average molecular weight is 262 g/mol. The summed E-state index contributed by atoms with van der Waals surface area (Å²) in [5, 5.41) is 0. The molecular weight excluding hydrogens is 236 g/mol. The van der Waals surface area contributed by atoms with Gasteiger partial charge in [-0.15, -0.1) is 0 Å². The van der Waals surface area contributed by atoms with Gasteiger partial charge in [0.1, 0.15) is 6.61 Å². The van der Waals surface area contributed by atoms with E-state index in [1.165, 1.54) is 0 Å². The molecule has 18 heavy (non-hydrogen) atoms. The molecule has 0 aliphatic heterocycles. The van der Waals surface area contributed by atoms with Crippen molar-refractivity contribution < 1.29 is 23.7 Å². The highest BCUT2D eigenvalue weighted by atomic mass is 16.6. The first-order chi connectivity index (χ1) is 8.81. The fourth-order valence-corrected chi connectivity index (χ4v) is 1.10. The van der Waals surface area contributed by atoms with Gasteiger partial charge in [0.15, 0.2) is 0 Å². The van der Waals surface area contributed by atoms with Crippen LogP contribution in [0.1, 0.15) is 33.1 Å². The summed E-state index contributed by atoms with van der Waals surface area (Å²) < 4.78 is 20.7. The summed E-state index contributed by atoms with van der Waals surface area (Å²) in [6, 6.07) is 0. The van der Waals surface area contributed by atoms with Gasteiger partial charge in [0.05, 0.1) is 33.0 Å². The number of ether oxygens (including phenoxy) is 4. The van der Waals surface area contributed by atoms with Gasteiger partial charge >= 0.3 is 5.97 Å². The van der Waals surface area contributed by atoms with Crippen molar-refractivity contribution in [2.75, 3.05) is 46.2 Å². The molecule has 108 valence electrons. The summed E-state index contributed by atoms with van der Waals surface area (Å²) >= 11 is 0. The molecule has 0 atom stereocenters.